The summed E-state index contributed by atoms with van der Waals surface area (Å²) in [6.45, 7) is 2.43. The van der Waals surface area contributed by atoms with E-state index in [2.05, 4.69) is 10.6 Å². The number of rotatable bonds is 3. The first-order valence-corrected chi connectivity index (χ1v) is 5.82. The summed E-state index contributed by atoms with van der Waals surface area (Å²) in [5, 5.41) is 5.98. The van der Waals surface area contributed by atoms with E-state index in [1.165, 1.54) is 6.92 Å². The van der Waals surface area contributed by atoms with Gasteiger partial charge >= 0.3 is 0 Å². The van der Waals surface area contributed by atoms with Crippen LogP contribution >= 0.6 is 0 Å². The van der Waals surface area contributed by atoms with E-state index < -0.39 is 0 Å². The molecule has 0 unspecified atom stereocenters. The Balaban J connectivity index is 1.98. The van der Waals surface area contributed by atoms with Crippen molar-refractivity contribution < 1.29 is 9.59 Å². The maximum Gasteiger partial charge on any atom is 0.241 e. The largest absolute Gasteiger partial charge is 0.325 e. The van der Waals surface area contributed by atoms with Gasteiger partial charge in [0.1, 0.15) is 0 Å². The molecule has 1 aliphatic rings. The van der Waals surface area contributed by atoms with Crippen LogP contribution in [-0.2, 0) is 4.79 Å². The Bertz CT molecular complexity index is 420. The van der Waals surface area contributed by atoms with Gasteiger partial charge < -0.3 is 10.6 Å². The molecule has 1 aromatic carbocycles. The number of carbonyl (C=O) groups excluding carboxylic acids is 2. The summed E-state index contributed by atoms with van der Waals surface area (Å²) >= 11 is 0. The summed E-state index contributed by atoms with van der Waals surface area (Å²) in [4.78, 5) is 22.9. The number of amides is 1. The van der Waals surface area contributed by atoms with Crippen LogP contribution in [0.5, 0.6) is 0 Å². The highest BCUT2D eigenvalue weighted by Crippen LogP contribution is 2.12. The lowest BCUT2D eigenvalue weighted by atomic mass is 10.1. The first-order chi connectivity index (χ1) is 8.16. The molecule has 1 fully saturated rings. The fourth-order valence-electron chi connectivity index (χ4n) is 1.93. The number of hydrogen-bond donors (Lipinski definition) is 2. The van der Waals surface area contributed by atoms with Gasteiger partial charge in [-0.3, -0.25) is 9.59 Å². The molecule has 4 nitrogen and oxygen atoms in total. The maximum absolute atomic E-state index is 11.8. The number of carbonyl (C=O) groups is 2. The highest BCUT2D eigenvalue weighted by Gasteiger charge is 2.21. The van der Waals surface area contributed by atoms with Gasteiger partial charge in [-0.05, 0) is 50.6 Å². The number of ketones is 1. The van der Waals surface area contributed by atoms with Crippen molar-refractivity contribution in [3.8, 4) is 0 Å². The van der Waals surface area contributed by atoms with Gasteiger partial charge in [0.15, 0.2) is 5.78 Å². The van der Waals surface area contributed by atoms with Gasteiger partial charge in [0.2, 0.25) is 5.91 Å². The first-order valence-electron chi connectivity index (χ1n) is 5.82. The smallest absolute Gasteiger partial charge is 0.241 e. The predicted octanol–water partition coefficient (Wildman–Crippen LogP) is 1.58. The van der Waals surface area contributed by atoms with Gasteiger partial charge in [0.25, 0.3) is 0 Å². The molecule has 1 heterocycles. The van der Waals surface area contributed by atoms with Crippen LogP contribution in [0.3, 0.4) is 0 Å². The van der Waals surface area contributed by atoms with Crippen molar-refractivity contribution in [2.75, 3.05) is 11.9 Å². The lowest BCUT2D eigenvalue weighted by Crippen LogP contribution is -2.35. The van der Waals surface area contributed by atoms with Crippen molar-refractivity contribution in [3.63, 3.8) is 0 Å². The molecule has 0 bridgehead atoms. The van der Waals surface area contributed by atoms with Crippen LogP contribution < -0.4 is 10.6 Å². The summed E-state index contributed by atoms with van der Waals surface area (Å²) in [5.74, 6) is 0.0263. The van der Waals surface area contributed by atoms with Crippen LogP contribution in [0.15, 0.2) is 24.3 Å². The summed E-state index contributed by atoms with van der Waals surface area (Å²) in [6, 6.07) is 6.87. The minimum Gasteiger partial charge on any atom is -0.325 e. The minimum atomic E-state index is -0.0810. The summed E-state index contributed by atoms with van der Waals surface area (Å²) in [7, 11) is 0. The third-order valence-electron chi connectivity index (χ3n) is 2.94. The highest BCUT2D eigenvalue weighted by molar-refractivity contribution is 5.97. The van der Waals surface area contributed by atoms with Gasteiger partial charge in [-0.1, -0.05) is 0 Å². The van der Waals surface area contributed by atoms with Gasteiger partial charge in [0, 0.05) is 11.3 Å². The Morgan fingerprint density at radius 2 is 2.00 bits per heavy atom. The molecule has 0 saturated carbocycles. The van der Waals surface area contributed by atoms with E-state index in [-0.39, 0.29) is 17.7 Å². The quantitative estimate of drug-likeness (QED) is 0.778. The van der Waals surface area contributed by atoms with E-state index >= 15 is 0 Å². The van der Waals surface area contributed by atoms with Crippen molar-refractivity contribution in [2.24, 2.45) is 0 Å². The van der Waals surface area contributed by atoms with Crippen LogP contribution in [0.2, 0.25) is 0 Å². The fourth-order valence-corrected chi connectivity index (χ4v) is 1.93. The maximum atomic E-state index is 11.8. The number of nitrogens with one attached hydrogen (secondary N) is 2. The molecule has 1 amide bonds. The summed E-state index contributed by atoms with van der Waals surface area (Å²) in [6.07, 6.45) is 1.93. The van der Waals surface area contributed by atoms with E-state index in [0.29, 0.717) is 5.56 Å². The second-order valence-electron chi connectivity index (χ2n) is 4.27. The SMILES string of the molecule is CC(=O)c1ccc(NC(=O)[C@@H]2CCCN2)cc1. The Morgan fingerprint density at radius 3 is 2.53 bits per heavy atom. The lowest BCUT2D eigenvalue weighted by Gasteiger charge is -2.11. The molecule has 0 radical (unpaired) electrons. The van der Waals surface area contributed by atoms with Crippen molar-refractivity contribution in [1.82, 2.24) is 5.32 Å². The van der Waals surface area contributed by atoms with E-state index in [4.69, 9.17) is 0 Å². The summed E-state index contributed by atoms with van der Waals surface area (Å²) < 4.78 is 0. The van der Waals surface area contributed by atoms with Crippen LogP contribution in [0.25, 0.3) is 0 Å². The minimum absolute atomic E-state index is 0.00178. The number of Topliss-reactive ketones (excluding diaryl/α,β-unsaturated/α-hetero) is 1. The van der Waals surface area contributed by atoms with Gasteiger partial charge in [-0.15, -0.1) is 0 Å². The molecule has 90 valence electrons. The lowest BCUT2D eigenvalue weighted by molar-refractivity contribution is -0.117. The van der Waals surface area contributed by atoms with Gasteiger partial charge in [0.05, 0.1) is 6.04 Å². The Hall–Kier alpha value is -1.68. The third-order valence-corrected chi connectivity index (χ3v) is 2.94. The molecular formula is C13H16N2O2. The molecule has 1 atom stereocenters. The predicted molar refractivity (Wildman–Crippen MR) is 66.1 cm³/mol. The van der Waals surface area contributed by atoms with Crippen LogP contribution in [0.4, 0.5) is 5.69 Å². The zero-order chi connectivity index (χ0) is 12.3. The molecule has 1 aliphatic heterocycles. The van der Waals surface area contributed by atoms with E-state index in [1.54, 1.807) is 24.3 Å². The topological polar surface area (TPSA) is 58.2 Å². The number of anilines is 1. The average Bonchev–Trinajstić information content (AvgIpc) is 2.83. The zero-order valence-electron chi connectivity index (χ0n) is 9.82. The molecule has 1 saturated heterocycles. The van der Waals surface area contributed by atoms with Gasteiger partial charge in [-0.25, -0.2) is 0 Å². The number of benzene rings is 1. The highest BCUT2D eigenvalue weighted by atomic mass is 16.2. The molecule has 0 aromatic heterocycles. The van der Waals surface area contributed by atoms with Crippen molar-refractivity contribution in [3.05, 3.63) is 29.8 Å². The molecule has 4 heteroatoms. The van der Waals surface area contributed by atoms with Crippen LogP contribution in [0.1, 0.15) is 30.1 Å². The Labute approximate surface area is 100 Å². The normalized spacial score (nSPS) is 19.0. The molecule has 0 aliphatic carbocycles. The average molecular weight is 232 g/mol. The third kappa shape index (κ3) is 2.91. The standard InChI is InChI=1S/C13H16N2O2/c1-9(16)10-4-6-11(7-5-10)15-13(17)12-3-2-8-14-12/h4-7,12,14H,2-3,8H2,1H3,(H,15,17)/t12-/m0/s1. The molecule has 0 spiro atoms. The molecular weight excluding hydrogens is 216 g/mol. The molecule has 2 N–H and O–H groups in total. The second-order valence-corrected chi connectivity index (χ2v) is 4.27. The van der Waals surface area contributed by atoms with Crippen molar-refractivity contribution >= 4 is 17.4 Å². The van der Waals surface area contributed by atoms with Crippen LogP contribution in [0, 0.1) is 0 Å². The van der Waals surface area contributed by atoms with E-state index in [9.17, 15) is 9.59 Å². The van der Waals surface area contributed by atoms with Crippen LogP contribution in [-0.4, -0.2) is 24.3 Å². The zero-order valence-corrected chi connectivity index (χ0v) is 9.82. The Kier molecular flexibility index (Phi) is 3.54. The Morgan fingerprint density at radius 1 is 1.29 bits per heavy atom. The molecule has 1 aromatic rings. The molecule has 2 rings (SSSR count). The van der Waals surface area contributed by atoms with Crippen molar-refractivity contribution in [2.45, 2.75) is 25.8 Å². The number of hydrogen-bond acceptors (Lipinski definition) is 3. The van der Waals surface area contributed by atoms with Gasteiger partial charge in [-0.2, -0.15) is 0 Å². The second kappa shape index (κ2) is 5.10. The first kappa shape index (κ1) is 11.8. The van der Waals surface area contributed by atoms with E-state index in [1.807, 2.05) is 0 Å². The monoisotopic (exact) mass is 232 g/mol. The fraction of sp³-hybridized carbons (Fsp3) is 0.385. The molecule has 17 heavy (non-hydrogen) atoms. The van der Waals surface area contributed by atoms with E-state index in [0.717, 1.165) is 25.1 Å². The van der Waals surface area contributed by atoms with Crippen molar-refractivity contribution in [1.29, 1.82) is 0 Å². The summed E-state index contributed by atoms with van der Waals surface area (Å²) in [5.41, 5.74) is 1.38.